The number of amides is 1. The first-order valence-electron chi connectivity index (χ1n) is 8.90. The Morgan fingerprint density at radius 3 is 2.67 bits per heavy atom. The van der Waals surface area contributed by atoms with E-state index in [0.717, 1.165) is 57.7 Å². The minimum atomic E-state index is 0.185. The standard InChI is InChI=1S/C19H28N2O3/c1-15(22)21-10-8-20(9-11-21)14-19-7-6-18(24-19)13-16-4-3-5-17(12-16)23-2/h3-5,12,18-19H,6-11,13-14H2,1-2H3/t18-,19+/m0/s1. The summed E-state index contributed by atoms with van der Waals surface area (Å²) in [5.41, 5.74) is 1.27. The largest absolute Gasteiger partial charge is 0.497 e. The SMILES string of the molecule is COc1cccc(C[C@@H]2CC[C@H](CN3CCN(C(C)=O)CC3)O2)c1. The Morgan fingerprint density at radius 1 is 1.21 bits per heavy atom. The zero-order chi connectivity index (χ0) is 16.9. The molecule has 0 bridgehead atoms. The summed E-state index contributed by atoms with van der Waals surface area (Å²) in [5.74, 6) is 1.09. The molecular weight excluding hydrogens is 304 g/mol. The summed E-state index contributed by atoms with van der Waals surface area (Å²) in [5, 5.41) is 0. The Bertz CT molecular complexity index is 555. The lowest BCUT2D eigenvalue weighted by Crippen LogP contribution is -2.49. The van der Waals surface area contributed by atoms with Crippen LogP contribution in [0.15, 0.2) is 24.3 Å². The molecule has 0 spiro atoms. The van der Waals surface area contributed by atoms with Gasteiger partial charge in [0.1, 0.15) is 5.75 Å². The molecule has 3 rings (SSSR count). The number of carbonyl (C=O) groups excluding carboxylic acids is 1. The van der Waals surface area contributed by atoms with Gasteiger partial charge in [0, 0.05) is 39.6 Å². The van der Waals surface area contributed by atoms with Crippen LogP contribution in [0.1, 0.15) is 25.3 Å². The molecule has 0 aromatic heterocycles. The van der Waals surface area contributed by atoms with Gasteiger partial charge in [-0.3, -0.25) is 9.69 Å². The van der Waals surface area contributed by atoms with Crippen molar-refractivity contribution in [3.63, 3.8) is 0 Å². The molecule has 1 aromatic carbocycles. The van der Waals surface area contributed by atoms with Crippen LogP contribution in [0.25, 0.3) is 0 Å². The number of rotatable bonds is 5. The number of benzene rings is 1. The van der Waals surface area contributed by atoms with Crippen LogP contribution in [0.5, 0.6) is 5.75 Å². The van der Waals surface area contributed by atoms with E-state index in [1.165, 1.54) is 5.56 Å². The minimum Gasteiger partial charge on any atom is -0.497 e. The second-order valence-electron chi connectivity index (χ2n) is 6.82. The van der Waals surface area contributed by atoms with Crippen molar-refractivity contribution in [2.24, 2.45) is 0 Å². The van der Waals surface area contributed by atoms with E-state index in [0.29, 0.717) is 12.2 Å². The Hall–Kier alpha value is -1.59. The van der Waals surface area contributed by atoms with E-state index >= 15 is 0 Å². The van der Waals surface area contributed by atoms with Gasteiger partial charge in [0.15, 0.2) is 0 Å². The molecule has 5 heteroatoms. The van der Waals surface area contributed by atoms with E-state index in [-0.39, 0.29) is 5.91 Å². The predicted octanol–water partition coefficient (Wildman–Crippen LogP) is 1.95. The second-order valence-corrected chi connectivity index (χ2v) is 6.82. The summed E-state index contributed by atoms with van der Waals surface area (Å²) in [7, 11) is 1.70. The fourth-order valence-corrected chi connectivity index (χ4v) is 3.66. The summed E-state index contributed by atoms with van der Waals surface area (Å²) in [6.07, 6.45) is 3.83. The zero-order valence-corrected chi connectivity index (χ0v) is 14.7. The molecule has 0 unspecified atom stereocenters. The Labute approximate surface area is 144 Å². The Morgan fingerprint density at radius 2 is 1.96 bits per heavy atom. The molecule has 1 aromatic rings. The van der Waals surface area contributed by atoms with Gasteiger partial charge in [-0.05, 0) is 37.0 Å². The molecule has 24 heavy (non-hydrogen) atoms. The van der Waals surface area contributed by atoms with Crippen LogP contribution in [-0.2, 0) is 16.0 Å². The van der Waals surface area contributed by atoms with Crippen LogP contribution in [0, 0.1) is 0 Å². The predicted molar refractivity (Wildman–Crippen MR) is 93.3 cm³/mol. The lowest BCUT2D eigenvalue weighted by atomic mass is 10.1. The first-order valence-corrected chi connectivity index (χ1v) is 8.90. The normalized spacial score (nSPS) is 25.0. The van der Waals surface area contributed by atoms with E-state index in [4.69, 9.17) is 9.47 Å². The summed E-state index contributed by atoms with van der Waals surface area (Å²) in [6, 6.07) is 8.25. The molecule has 5 nitrogen and oxygen atoms in total. The van der Waals surface area contributed by atoms with Crippen molar-refractivity contribution in [3.05, 3.63) is 29.8 Å². The van der Waals surface area contributed by atoms with Crippen LogP contribution >= 0.6 is 0 Å². The highest BCUT2D eigenvalue weighted by atomic mass is 16.5. The highest BCUT2D eigenvalue weighted by Crippen LogP contribution is 2.25. The summed E-state index contributed by atoms with van der Waals surface area (Å²) in [4.78, 5) is 15.7. The number of piperazine rings is 1. The maximum atomic E-state index is 11.4. The maximum absolute atomic E-state index is 11.4. The van der Waals surface area contributed by atoms with Crippen molar-refractivity contribution >= 4 is 5.91 Å². The molecule has 0 radical (unpaired) electrons. The van der Waals surface area contributed by atoms with Crippen molar-refractivity contribution in [3.8, 4) is 5.75 Å². The third kappa shape index (κ3) is 4.48. The molecule has 0 aliphatic carbocycles. The van der Waals surface area contributed by atoms with Gasteiger partial charge in [-0.1, -0.05) is 12.1 Å². The second kappa shape index (κ2) is 7.99. The van der Waals surface area contributed by atoms with E-state index in [1.807, 2.05) is 17.0 Å². The topological polar surface area (TPSA) is 42.0 Å². The van der Waals surface area contributed by atoms with Gasteiger partial charge in [0.2, 0.25) is 5.91 Å². The average molecular weight is 332 g/mol. The highest BCUT2D eigenvalue weighted by molar-refractivity contribution is 5.73. The Kier molecular flexibility index (Phi) is 5.74. The molecule has 2 atom stereocenters. The number of nitrogens with zero attached hydrogens (tertiary/aromatic N) is 2. The molecule has 1 amide bonds. The van der Waals surface area contributed by atoms with E-state index < -0.39 is 0 Å². The van der Waals surface area contributed by atoms with Gasteiger partial charge in [-0.25, -0.2) is 0 Å². The quantitative estimate of drug-likeness (QED) is 0.826. The lowest BCUT2D eigenvalue weighted by Gasteiger charge is -2.35. The molecule has 2 saturated heterocycles. The molecule has 0 saturated carbocycles. The van der Waals surface area contributed by atoms with Crippen molar-refractivity contribution in [2.45, 2.75) is 38.4 Å². The monoisotopic (exact) mass is 332 g/mol. The van der Waals surface area contributed by atoms with E-state index in [1.54, 1.807) is 14.0 Å². The number of carbonyl (C=O) groups is 1. The van der Waals surface area contributed by atoms with Crippen molar-refractivity contribution < 1.29 is 14.3 Å². The summed E-state index contributed by atoms with van der Waals surface area (Å²) < 4.78 is 11.5. The lowest BCUT2D eigenvalue weighted by molar-refractivity contribution is -0.130. The van der Waals surface area contributed by atoms with Gasteiger partial charge in [0.05, 0.1) is 19.3 Å². The molecule has 2 aliphatic rings. The highest BCUT2D eigenvalue weighted by Gasteiger charge is 2.28. The fourth-order valence-electron chi connectivity index (χ4n) is 3.66. The first kappa shape index (κ1) is 17.2. The molecular formula is C19H28N2O3. The number of hydrogen-bond donors (Lipinski definition) is 0. The number of ether oxygens (including phenoxy) is 2. The first-order chi connectivity index (χ1) is 11.6. The maximum Gasteiger partial charge on any atom is 0.219 e. The van der Waals surface area contributed by atoms with Crippen LogP contribution in [0.4, 0.5) is 0 Å². The smallest absolute Gasteiger partial charge is 0.219 e. The minimum absolute atomic E-state index is 0.185. The molecule has 0 N–H and O–H groups in total. The Balaban J connectivity index is 1.43. The van der Waals surface area contributed by atoms with Crippen molar-refractivity contribution in [2.75, 3.05) is 39.8 Å². The van der Waals surface area contributed by atoms with Gasteiger partial charge in [-0.15, -0.1) is 0 Å². The molecule has 2 aliphatic heterocycles. The third-order valence-electron chi connectivity index (χ3n) is 5.07. The number of methoxy groups -OCH3 is 1. The van der Waals surface area contributed by atoms with Crippen LogP contribution in [0.3, 0.4) is 0 Å². The third-order valence-corrected chi connectivity index (χ3v) is 5.07. The molecule has 132 valence electrons. The van der Waals surface area contributed by atoms with Crippen LogP contribution < -0.4 is 4.74 Å². The van der Waals surface area contributed by atoms with E-state index in [9.17, 15) is 4.79 Å². The fraction of sp³-hybridized carbons (Fsp3) is 0.632. The molecule has 2 heterocycles. The average Bonchev–Trinajstić information content (AvgIpc) is 3.02. The van der Waals surface area contributed by atoms with Gasteiger partial charge < -0.3 is 14.4 Å². The summed E-state index contributed by atoms with van der Waals surface area (Å²) in [6.45, 7) is 6.24. The van der Waals surface area contributed by atoms with Crippen LogP contribution in [0.2, 0.25) is 0 Å². The van der Waals surface area contributed by atoms with Gasteiger partial charge >= 0.3 is 0 Å². The zero-order valence-electron chi connectivity index (χ0n) is 14.7. The van der Waals surface area contributed by atoms with Crippen LogP contribution in [-0.4, -0.2) is 67.7 Å². The number of hydrogen-bond acceptors (Lipinski definition) is 4. The van der Waals surface area contributed by atoms with Crippen molar-refractivity contribution in [1.82, 2.24) is 9.80 Å². The van der Waals surface area contributed by atoms with E-state index in [2.05, 4.69) is 17.0 Å². The molecule has 2 fully saturated rings. The van der Waals surface area contributed by atoms with Crippen molar-refractivity contribution in [1.29, 1.82) is 0 Å². The van der Waals surface area contributed by atoms with Gasteiger partial charge in [-0.2, -0.15) is 0 Å². The summed E-state index contributed by atoms with van der Waals surface area (Å²) >= 11 is 0. The van der Waals surface area contributed by atoms with Gasteiger partial charge in [0.25, 0.3) is 0 Å².